The standard InChI is InChI=1S/C19H28FNO3S/c1-13(22)12-25(23)17-3-2-15(19(20)9-17)10-24-11-16-8-18(16)14-4-6-21-7-5-14/h2-3,9,13-14,16,18,21-22H,4-8,10-12H2,1H3. The highest BCUT2D eigenvalue weighted by atomic mass is 32.2. The molecular weight excluding hydrogens is 341 g/mol. The number of hydrogen-bond donors (Lipinski definition) is 2. The second-order valence-electron chi connectivity index (χ2n) is 7.38. The fourth-order valence-corrected chi connectivity index (χ4v) is 4.82. The predicted octanol–water partition coefficient (Wildman–Crippen LogP) is 2.47. The van der Waals surface area contributed by atoms with E-state index in [9.17, 15) is 13.7 Å². The zero-order chi connectivity index (χ0) is 17.8. The molecule has 1 saturated heterocycles. The van der Waals surface area contributed by atoms with Crippen LogP contribution in [0.3, 0.4) is 0 Å². The van der Waals surface area contributed by atoms with Crippen molar-refractivity contribution >= 4 is 10.8 Å². The summed E-state index contributed by atoms with van der Waals surface area (Å²) in [5, 5.41) is 12.7. The van der Waals surface area contributed by atoms with Gasteiger partial charge in [-0.15, -0.1) is 0 Å². The van der Waals surface area contributed by atoms with Crippen LogP contribution < -0.4 is 5.32 Å². The zero-order valence-corrected chi connectivity index (χ0v) is 15.6. The largest absolute Gasteiger partial charge is 0.392 e. The minimum Gasteiger partial charge on any atom is -0.392 e. The third-order valence-corrected chi connectivity index (χ3v) is 6.80. The fourth-order valence-electron chi connectivity index (χ4n) is 3.73. The molecule has 2 fully saturated rings. The highest BCUT2D eigenvalue weighted by Gasteiger charge is 2.42. The number of rotatable bonds is 8. The maximum absolute atomic E-state index is 14.2. The smallest absolute Gasteiger partial charge is 0.129 e. The van der Waals surface area contributed by atoms with Gasteiger partial charge in [-0.3, -0.25) is 4.21 Å². The van der Waals surface area contributed by atoms with Crippen molar-refractivity contribution in [1.82, 2.24) is 5.32 Å². The first-order chi connectivity index (χ1) is 12.0. The lowest BCUT2D eigenvalue weighted by Crippen LogP contribution is -2.29. The van der Waals surface area contributed by atoms with Crippen LogP contribution in [0, 0.1) is 23.6 Å². The van der Waals surface area contributed by atoms with Crippen LogP contribution in [0.1, 0.15) is 31.7 Å². The first kappa shape index (κ1) is 19.0. The molecule has 0 radical (unpaired) electrons. The molecule has 0 amide bonds. The summed E-state index contributed by atoms with van der Waals surface area (Å²) in [6, 6.07) is 4.60. The van der Waals surface area contributed by atoms with Gasteiger partial charge in [-0.05, 0) is 69.2 Å². The quantitative estimate of drug-likeness (QED) is 0.739. The van der Waals surface area contributed by atoms with Crippen LogP contribution in [0.5, 0.6) is 0 Å². The lowest BCUT2D eigenvalue weighted by atomic mass is 9.92. The van der Waals surface area contributed by atoms with Crippen LogP contribution >= 0.6 is 0 Å². The summed E-state index contributed by atoms with van der Waals surface area (Å²) in [6.07, 6.45) is 3.10. The molecule has 1 saturated carbocycles. The van der Waals surface area contributed by atoms with E-state index in [1.54, 1.807) is 19.1 Å². The molecule has 1 aliphatic carbocycles. The number of halogens is 1. The van der Waals surface area contributed by atoms with Crippen LogP contribution in [0.25, 0.3) is 0 Å². The minimum absolute atomic E-state index is 0.120. The summed E-state index contributed by atoms with van der Waals surface area (Å²) in [5.74, 6) is 1.98. The summed E-state index contributed by atoms with van der Waals surface area (Å²) < 4.78 is 31.9. The van der Waals surface area contributed by atoms with E-state index < -0.39 is 16.9 Å². The Hall–Kier alpha value is -0.820. The lowest BCUT2D eigenvalue weighted by Gasteiger charge is -2.22. The molecule has 1 aromatic rings. The highest BCUT2D eigenvalue weighted by Crippen LogP contribution is 2.47. The Balaban J connectivity index is 1.43. The second kappa shape index (κ2) is 8.71. The molecule has 6 heteroatoms. The molecule has 140 valence electrons. The van der Waals surface area contributed by atoms with Crippen molar-refractivity contribution in [3.05, 3.63) is 29.6 Å². The number of nitrogens with one attached hydrogen (secondary N) is 1. The average Bonchev–Trinajstić information content (AvgIpc) is 3.36. The number of benzene rings is 1. The number of piperidine rings is 1. The maximum atomic E-state index is 14.2. The Bertz CT molecular complexity index is 604. The van der Waals surface area contributed by atoms with Crippen molar-refractivity contribution in [1.29, 1.82) is 0 Å². The summed E-state index contributed by atoms with van der Waals surface area (Å²) in [7, 11) is -1.38. The average molecular weight is 370 g/mol. The lowest BCUT2D eigenvalue weighted by molar-refractivity contribution is 0.102. The molecule has 2 aliphatic rings. The molecule has 0 bridgehead atoms. The van der Waals surface area contributed by atoms with Crippen molar-refractivity contribution < 1.29 is 18.4 Å². The van der Waals surface area contributed by atoms with Crippen LogP contribution in [0.4, 0.5) is 4.39 Å². The molecule has 1 aliphatic heterocycles. The Labute approximate surface area is 151 Å². The summed E-state index contributed by atoms with van der Waals surface area (Å²) in [4.78, 5) is 0.412. The number of hydrogen-bond acceptors (Lipinski definition) is 4. The van der Waals surface area contributed by atoms with E-state index >= 15 is 0 Å². The monoisotopic (exact) mass is 369 g/mol. The molecule has 1 heterocycles. The third kappa shape index (κ3) is 5.33. The first-order valence-electron chi connectivity index (χ1n) is 9.18. The molecule has 1 aromatic carbocycles. The number of ether oxygens (including phenoxy) is 1. The van der Waals surface area contributed by atoms with E-state index in [1.807, 2.05) is 0 Å². The molecule has 2 N–H and O–H groups in total. The van der Waals surface area contributed by atoms with Crippen molar-refractivity contribution in [2.45, 2.75) is 43.8 Å². The van der Waals surface area contributed by atoms with Crippen LogP contribution in [-0.2, 0) is 22.1 Å². The summed E-state index contributed by atoms with van der Waals surface area (Å²) >= 11 is 0. The first-order valence-corrected chi connectivity index (χ1v) is 10.5. The van der Waals surface area contributed by atoms with Crippen molar-refractivity contribution in [3.63, 3.8) is 0 Å². The maximum Gasteiger partial charge on any atom is 0.129 e. The second-order valence-corrected chi connectivity index (χ2v) is 8.87. The molecule has 3 rings (SSSR count). The molecule has 0 spiro atoms. The van der Waals surface area contributed by atoms with Crippen LogP contribution in [0.2, 0.25) is 0 Å². The van der Waals surface area contributed by atoms with Gasteiger partial charge in [0.15, 0.2) is 0 Å². The van der Waals surface area contributed by atoms with E-state index in [2.05, 4.69) is 5.32 Å². The summed E-state index contributed by atoms with van der Waals surface area (Å²) in [5.41, 5.74) is 0.497. The van der Waals surface area contributed by atoms with Gasteiger partial charge in [-0.1, -0.05) is 6.07 Å². The SMILES string of the molecule is CC(O)CS(=O)c1ccc(COCC2CC2C2CCNCC2)c(F)c1. The minimum atomic E-state index is -1.38. The molecule has 4 unspecified atom stereocenters. The van der Waals surface area contributed by atoms with Crippen LogP contribution in [-0.4, -0.2) is 40.9 Å². The topological polar surface area (TPSA) is 58.6 Å². The molecule has 4 atom stereocenters. The van der Waals surface area contributed by atoms with Gasteiger partial charge in [-0.25, -0.2) is 4.39 Å². The summed E-state index contributed by atoms with van der Waals surface area (Å²) in [6.45, 7) is 4.78. The Kier molecular flexibility index (Phi) is 6.61. The van der Waals surface area contributed by atoms with Gasteiger partial charge in [0.05, 0.1) is 35.9 Å². The molecule has 4 nitrogen and oxygen atoms in total. The zero-order valence-electron chi connectivity index (χ0n) is 14.7. The van der Waals surface area contributed by atoms with Crippen molar-refractivity contribution in [2.24, 2.45) is 17.8 Å². The van der Waals surface area contributed by atoms with Crippen molar-refractivity contribution in [3.8, 4) is 0 Å². The van der Waals surface area contributed by atoms with Crippen LogP contribution in [0.15, 0.2) is 23.1 Å². The van der Waals surface area contributed by atoms with Crippen molar-refractivity contribution in [2.75, 3.05) is 25.4 Å². The van der Waals surface area contributed by atoms with Gasteiger partial charge >= 0.3 is 0 Å². The Morgan fingerprint density at radius 1 is 1.40 bits per heavy atom. The fraction of sp³-hybridized carbons (Fsp3) is 0.684. The van der Waals surface area contributed by atoms with E-state index in [0.717, 1.165) is 24.9 Å². The molecular formula is C19H28FNO3S. The van der Waals surface area contributed by atoms with E-state index in [0.29, 0.717) is 23.0 Å². The van der Waals surface area contributed by atoms with E-state index in [4.69, 9.17) is 4.74 Å². The number of aliphatic hydroxyl groups excluding tert-OH is 1. The third-order valence-electron chi connectivity index (χ3n) is 5.24. The molecule has 0 aromatic heterocycles. The van der Waals surface area contributed by atoms with Gasteiger partial charge in [0.25, 0.3) is 0 Å². The van der Waals surface area contributed by atoms with Gasteiger partial charge in [-0.2, -0.15) is 0 Å². The number of aliphatic hydroxyl groups is 1. The normalized spacial score (nSPS) is 26.4. The van der Waals surface area contributed by atoms with Gasteiger partial charge < -0.3 is 15.2 Å². The highest BCUT2D eigenvalue weighted by molar-refractivity contribution is 7.85. The van der Waals surface area contributed by atoms with E-state index in [-0.39, 0.29) is 18.2 Å². The van der Waals surface area contributed by atoms with Gasteiger partial charge in [0.1, 0.15) is 5.82 Å². The van der Waals surface area contributed by atoms with Gasteiger partial charge in [0.2, 0.25) is 0 Å². The Morgan fingerprint density at radius 3 is 2.84 bits per heavy atom. The van der Waals surface area contributed by atoms with Gasteiger partial charge in [0, 0.05) is 10.5 Å². The molecule has 25 heavy (non-hydrogen) atoms. The Morgan fingerprint density at radius 2 is 2.16 bits per heavy atom. The predicted molar refractivity (Wildman–Crippen MR) is 96.2 cm³/mol. The van der Waals surface area contributed by atoms with E-state index in [1.165, 1.54) is 25.3 Å².